The summed E-state index contributed by atoms with van der Waals surface area (Å²) in [5.74, 6) is 0.773. The van der Waals surface area contributed by atoms with Crippen LogP contribution >= 0.6 is 0 Å². The van der Waals surface area contributed by atoms with Crippen molar-refractivity contribution < 1.29 is 33.2 Å². The van der Waals surface area contributed by atoms with Gasteiger partial charge in [0.15, 0.2) is 12.6 Å². The highest BCUT2D eigenvalue weighted by Crippen LogP contribution is 2.37. The van der Waals surface area contributed by atoms with Crippen molar-refractivity contribution in [3.05, 3.63) is 102 Å². The van der Waals surface area contributed by atoms with Crippen molar-refractivity contribution in [3.8, 4) is 5.75 Å². The molecular weight excluding hydrogens is 460 g/mol. The largest absolute Gasteiger partial charge is 0.497 e. The zero-order chi connectivity index (χ0) is 24.7. The van der Waals surface area contributed by atoms with Crippen LogP contribution in [-0.2, 0) is 41.6 Å². The van der Waals surface area contributed by atoms with Crippen LogP contribution in [0.25, 0.3) is 0 Å². The molecule has 0 aliphatic carbocycles. The Balaban J connectivity index is 1.38. The van der Waals surface area contributed by atoms with Crippen molar-refractivity contribution in [3.63, 3.8) is 0 Å². The highest BCUT2D eigenvalue weighted by atomic mass is 16.8. The summed E-state index contributed by atoms with van der Waals surface area (Å²) < 4.78 is 42.6. The van der Waals surface area contributed by atoms with Crippen molar-refractivity contribution in [2.24, 2.45) is 0 Å². The number of hydrogen-bond donors (Lipinski definition) is 0. The molecule has 0 spiro atoms. The molecule has 3 aromatic carbocycles. The topological polar surface area (TPSA) is 64.6 Å². The normalized spacial score (nSPS) is 27.8. The Kier molecular flexibility index (Phi) is 8.28. The van der Waals surface area contributed by atoms with Crippen molar-refractivity contribution in [1.29, 1.82) is 0 Å². The van der Waals surface area contributed by atoms with E-state index in [9.17, 15) is 0 Å². The van der Waals surface area contributed by atoms with E-state index in [0.29, 0.717) is 19.8 Å². The summed E-state index contributed by atoms with van der Waals surface area (Å²) in [6.45, 7) is 1.15. The van der Waals surface area contributed by atoms with Gasteiger partial charge in [0.2, 0.25) is 0 Å². The molecule has 2 aliphatic heterocycles. The van der Waals surface area contributed by atoms with E-state index in [-0.39, 0.29) is 6.10 Å². The van der Waals surface area contributed by atoms with Gasteiger partial charge in [0.1, 0.15) is 30.2 Å². The van der Waals surface area contributed by atoms with Crippen molar-refractivity contribution in [2.75, 3.05) is 20.8 Å². The summed E-state index contributed by atoms with van der Waals surface area (Å²) >= 11 is 0. The molecule has 0 radical (unpaired) electrons. The molecule has 2 aliphatic rings. The summed E-state index contributed by atoms with van der Waals surface area (Å²) in [5, 5.41) is 0. The first-order chi connectivity index (χ1) is 17.7. The van der Waals surface area contributed by atoms with E-state index in [1.807, 2.05) is 84.9 Å². The van der Waals surface area contributed by atoms with E-state index >= 15 is 0 Å². The molecule has 5 rings (SSSR count). The van der Waals surface area contributed by atoms with E-state index in [1.54, 1.807) is 14.2 Å². The number of methoxy groups -OCH3 is 2. The Morgan fingerprint density at radius 1 is 0.722 bits per heavy atom. The molecule has 2 fully saturated rings. The summed E-state index contributed by atoms with van der Waals surface area (Å²) in [6.07, 6.45) is -2.90. The fraction of sp³-hybridized carbons (Fsp3) is 0.379. The summed E-state index contributed by atoms with van der Waals surface area (Å²) in [7, 11) is 3.26. The number of fused-ring (bicyclic) bond motifs is 1. The van der Waals surface area contributed by atoms with Crippen LogP contribution in [0.2, 0.25) is 0 Å². The average molecular weight is 493 g/mol. The van der Waals surface area contributed by atoms with Crippen LogP contribution in [0, 0.1) is 0 Å². The third kappa shape index (κ3) is 5.78. The minimum Gasteiger partial charge on any atom is -0.497 e. The lowest BCUT2D eigenvalue weighted by atomic mass is 9.97. The van der Waals surface area contributed by atoms with Crippen LogP contribution in [0.4, 0.5) is 0 Å². The number of benzene rings is 3. The first-order valence-corrected chi connectivity index (χ1v) is 12.2. The highest BCUT2D eigenvalue weighted by Gasteiger charge is 2.51. The molecule has 3 aromatic rings. The van der Waals surface area contributed by atoms with Gasteiger partial charge in [0.05, 0.1) is 26.9 Å². The van der Waals surface area contributed by atoms with E-state index in [1.165, 1.54) is 0 Å². The molecular formula is C29H32O7. The van der Waals surface area contributed by atoms with Crippen LogP contribution in [0.15, 0.2) is 84.9 Å². The van der Waals surface area contributed by atoms with Crippen LogP contribution in [-0.4, -0.2) is 51.5 Å². The van der Waals surface area contributed by atoms with Gasteiger partial charge in [-0.15, -0.1) is 0 Å². The van der Waals surface area contributed by atoms with E-state index in [0.717, 1.165) is 22.4 Å². The third-order valence-electron chi connectivity index (χ3n) is 6.47. The fourth-order valence-electron chi connectivity index (χ4n) is 4.57. The van der Waals surface area contributed by atoms with Gasteiger partial charge in [0.25, 0.3) is 0 Å². The van der Waals surface area contributed by atoms with Gasteiger partial charge in [-0.3, -0.25) is 0 Å². The molecule has 2 heterocycles. The van der Waals surface area contributed by atoms with Crippen molar-refractivity contribution in [2.45, 2.75) is 50.2 Å². The van der Waals surface area contributed by atoms with Gasteiger partial charge in [-0.25, -0.2) is 0 Å². The second-order valence-electron chi connectivity index (χ2n) is 8.84. The van der Waals surface area contributed by atoms with Crippen LogP contribution in [0.5, 0.6) is 5.75 Å². The zero-order valence-electron chi connectivity index (χ0n) is 20.5. The Labute approximate surface area is 211 Å². The van der Waals surface area contributed by atoms with Gasteiger partial charge < -0.3 is 33.2 Å². The molecule has 1 unspecified atom stereocenters. The molecule has 0 aromatic heterocycles. The van der Waals surface area contributed by atoms with E-state index in [4.69, 9.17) is 33.2 Å². The predicted octanol–water partition coefficient (Wildman–Crippen LogP) is 4.65. The van der Waals surface area contributed by atoms with Crippen molar-refractivity contribution >= 4 is 0 Å². The van der Waals surface area contributed by atoms with E-state index < -0.39 is 30.9 Å². The molecule has 0 saturated carbocycles. The van der Waals surface area contributed by atoms with Crippen LogP contribution in [0.3, 0.4) is 0 Å². The predicted molar refractivity (Wildman–Crippen MR) is 132 cm³/mol. The molecule has 36 heavy (non-hydrogen) atoms. The molecule has 190 valence electrons. The minimum absolute atomic E-state index is 0.345. The zero-order valence-corrected chi connectivity index (χ0v) is 20.5. The van der Waals surface area contributed by atoms with Crippen LogP contribution < -0.4 is 4.74 Å². The van der Waals surface area contributed by atoms with E-state index in [2.05, 4.69) is 0 Å². The van der Waals surface area contributed by atoms with Crippen molar-refractivity contribution in [1.82, 2.24) is 0 Å². The highest BCUT2D eigenvalue weighted by molar-refractivity contribution is 5.28. The van der Waals surface area contributed by atoms with Gasteiger partial charge >= 0.3 is 0 Å². The second kappa shape index (κ2) is 12.0. The lowest BCUT2D eigenvalue weighted by Crippen LogP contribution is -2.63. The molecule has 7 heteroatoms. The lowest BCUT2D eigenvalue weighted by Gasteiger charge is -2.48. The summed E-state index contributed by atoms with van der Waals surface area (Å²) in [4.78, 5) is 0. The number of ether oxygens (including phenoxy) is 7. The minimum atomic E-state index is -0.625. The Bertz CT molecular complexity index is 1060. The molecule has 6 atom stereocenters. The standard InChI is InChI=1S/C29H32O7/c1-30-23-15-13-22(14-16-23)28-34-19-24-25(36-28)26(32-17-20-9-5-3-6-10-20)27(29(31-2)35-24)33-18-21-11-7-4-8-12-21/h3-16,24-29H,17-19H2,1-2H3/t24-,25-,26+,27+,28?,29+/m1/s1. The first kappa shape index (κ1) is 24.9. The smallest absolute Gasteiger partial charge is 0.186 e. The maximum absolute atomic E-state index is 6.51. The first-order valence-electron chi connectivity index (χ1n) is 12.2. The maximum atomic E-state index is 6.51. The van der Waals surface area contributed by atoms with Crippen LogP contribution in [0.1, 0.15) is 23.0 Å². The quantitative estimate of drug-likeness (QED) is 0.431. The molecule has 7 nitrogen and oxygen atoms in total. The summed E-state index contributed by atoms with van der Waals surface area (Å²) in [5.41, 5.74) is 3.02. The number of rotatable bonds is 9. The molecule has 2 saturated heterocycles. The molecule has 0 bridgehead atoms. The van der Waals surface area contributed by atoms with Gasteiger partial charge in [-0.1, -0.05) is 72.8 Å². The Morgan fingerprint density at radius 2 is 1.33 bits per heavy atom. The molecule has 0 N–H and O–H groups in total. The van der Waals surface area contributed by atoms with Gasteiger partial charge in [0, 0.05) is 12.7 Å². The average Bonchev–Trinajstić information content (AvgIpc) is 2.95. The lowest BCUT2D eigenvalue weighted by molar-refractivity contribution is -0.369. The van der Waals surface area contributed by atoms with Gasteiger partial charge in [-0.2, -0.15) is 0 Å². The van der Waals surface area contributed by atoms with Gasteiger partial charge in [-0.05, 0) is 23.3 Å². The Morgan fingerprint density at radius 3 is 1.92 bits per heavy atom. The second-order valence-corrected chi connectivity index (χ2v) is 8.84. The third-order valence-corrected chi connectivity index (χ3v) is 6.47. The maximum Gasteiger partial charge on any atom is 0.186 e. The Hall–Kier alpha value is -2.78. The number of hydrogen-bond acceptors (Lipinski definition) is 7. The molecule has 0 amide bonds. The fourth-order valence-corrected chi connectivity index (χ4v) is 4.57. The SMILES string of the molecule is COc1ccc(C2OC[C@H]3O[C@H](OC)[C@@H](OCc4ccccc4)[C@@H](OCc4ccccc4)[C@@H]3O2)cc1. The summed E-state index contributed by atoms with van der Waals surface area (Å²) in [6, 6.07) is 27.7. The monoisotopic (exact) mass is 492 g/mol.